The SMILES string of the molecule is COCCNCc1cn(-c2cn(C)nc2C)cn1. The molecule has 0 bridgehead atoms. The number of rotatable bonds is 6. The van der Waals surface area contributed by atoms with Crippen LogP contribution in [0.3, 0.4) is 0 Å². The molecule has 6 nitrogen and oxygen atoms in total. The highest BCUT2D eigenvalue weighted by atomic mass is 16.5. The first-order valence-electron chi connectivity index (χ1n) is 5.94. The minimum Gasteiger partial charge on any atom is -0.383 e. The fourth-order valence-electron chi connectivity index (χ4n) is 1.82. The third-order valence-corrected chi connectivity index (χ3v) is 2.69. The van der Waals surface area contributed by atoms with E-state index in [4.69, 9.17) is 4.74 Å². The van der Waals surface area contributed by atoms with Gasteiger partial charge in [-0.3, -0.25) is 4.68 Å². The van der Waals surface area contributed by atoms with Gasteiger partial charge in [-0.25, -0.2) is 4.98 Å². The summed E-state index contributed by atoms with van der Waals surface area (Å²) in [6.45, 7) is 4.28. The lowest BCUT2D eigenvalue weighted by atomic mass is 10.4. The van der Waals surface area contributed by atoms with E-state index < -0.39 is 0 Å². The quantitative estimate of drug-likeness (QED) is 0.764. The Hall–Kier alpha value is -1.66. The summed E-state index contributed by atoms with van der Waals surface area (Å²) in [7, 11) is 3.61. The van der Waals surface area contributed by atoms with Crippen LogP contribution in [0, 0.1) is 6.92 Å². The third kappa shape index (κ3) is 2.96. The van der Waals surface area contributed by atoms with E-state index in [1.807, 2.05) is 37.3 Å². The molecule has 2 rings (SSSR count). The second-order valence-electron chi connectivity index (χ2n) is 4.22. The summed E-state index contributed by atoms with van der Waals surface area (Å²) in [5.74, 6) is 0. The van der Waals surface area contributed by atoms with Crippen LogP contribution in [-0.2, 0) is 18.3 Å². The van der Waals surface area contributed by atoms with Gasteiger partial charge >= 0.3 is 0 Å². The first kappa shape index (κ1) is 12.8. The van der Waals surface area contributed by atoms with E-state index in [0.29, 0.717) is 6.61 Å². The zero-order valence-corrected chi connectivity index (χ0v) is 11.1. The molecule has 2 aromatic heterocycles. The maximum atomic E-state index is 4.97. The van der Waals surface area contributed by atoms with Crippen molar-refractivity contribution in [2.45, 2.75) is 13.5 Å². The van der Waals surface area contributed by atoms with Crippen LogP contribution in [0.25, 0.3) is 5.69 Å². The van der Waals surface area contributed by atoms with Gasteiger partial charge in [0.2, 0.25) is 0 Å². The average molecular weight is 249 g/mol. The molecule has 2 aromatic rings. The average Bonchev–Trinajstić information content (AvgIpc) is 2.91. The van der Waals surface area contributed by atoms with Crippen molar-refractivity contribution in [1.82, 2.24) is 24.6 Å². The van der Waals surface area contributed by atoms with E-state index >= 15 is 0 Å². The monoisotopic (exact) mass is 249 g/mol. The number of ether oxygens (including phenoxy) is 1. The van der Waals surface area contributed by atoms with E-state index in [9.17, 15) is 0 Å². The van der Waals surface area contributed by atoms with Gasteiger partial charge in [0.15, 0.2) is 0 Å². The Morgan fingerprint density at radius 1 is 1.39 bits per heavy atom. The van der Waals surface area contributed by atoms with Crippen LogP contribution in [0.4, 0.5) is 0 Å². The lowest BCUT2D eigenvalue weighted by Gasteiger charge is -2.00. The maximum absolute atomic E-state index is 4.97. The smallest absolute Gasteiger partial charge is 0.0996 e. The Kier molecular flexibility index (Phi) is 4.11. The molecule has 0 amide bonds. The van der Waals surface area contributed by atoms with Crippen molar-refractivity contribution in [3.05, 3.63) is 30.1 Å². The van der Waals surface area contributed by atoms with Gasteiger partial charge in [0.25, 0.3) is 0 Å². The number of hydrogen-bond acceptors (Lipinski definition) is 4. The Balaban J connectivity index is 1.99. The van der Waals surface area contributed by atoms with Crippen molar-refractivity contribution in [1.29, 1.82) is 0 Å². The minimum atomic E-state index is 0.711. The number of aryl methyl sites for hydroxylation is 2. The summed E-state index contributed by atoms with van der Waals surface area (Å²) in [6.07, 6.45) is 5.82. The lowest BCUT2D eigenvalue weighted by molar-refractivity contribution is 0.199. The molecule has 18 heavy (non-hydrogen) atoms. The Morgan fingerprint density at radius 3 is 2.89 bits per heavy atom. The Morgan fingerprint density at radius 2 is 2.22 bits per heavy atom. The summed E-state index contributed by atoms with van der Waals surface area (Å²) in [5.41, 5.74) is 3.07. The summed E-state index contributed by atoms with van der Waals surface area (Å²) < 4.78 is 8.78. The van der Waals surface area contributed by atoms with Crippen molar-refractivity contribution in [3.63, 3.8) is 0 Å². The fourth-order valence-corrected chi connectivity index (χ4v) is 1.82. The molecule has 0 spiro atoms. The molecule has 0 aliphatic heterocycles. The zero-order valence-electron chi connectivity index (χ0n) is 11.1. The van der Waals surface area contributed by atoms with Gasteiger partial charge in [0.1, 0.15) is 0 Å². The normalized spacial score (nSPS) is 11.1. The molecule has 0 saturated carbocycles. The minimum absolute atomic E-state index is 0.711. The van der Waals surface area contributed by atoms with Crippen LogP contribution < -0.4 is 5.32 Å². The number of imidazole rings is 1. The molecule has 0 aliphatic rings. The molecular weight excluding hydrogens is 230 g/mol. The zero-order chi connectivity index (χ0) is 13.0. The molecule has 0 aromatic carbocycles. The van der Waals surface area contributed by atoms with Gasteiger partial charge in [0, 0.05) is 39.6 Å². The highest BCUT2D eigenvalue weighted by Crippen LogP contribution is 2.12. The van der Waals surface area contributed by atoms with Gasteiger partial charge < -0.3 is 14.6 Å². The van der Waals surface area contributed by atoms with Crippen LogP contribution in [0.15, 0.2) is 18.7 Å². The van der Waals surface area contributed by atoms with Crippen LogP contribution in [0.5, 0.6) is 0 Å². The van der Waals surface area contributed by atoms with Crippen molar-refractivity contribution < 1.29 is 4.74 Å². The molecule has 0 unspecified atom stereocenters. The number of hydrogen-bond donors (Lipinski definition) is 1. The molecule has 6 heteroatoms. The van der Waals surface area contributed by atoms with E-state index in [1.165, 1.54) is 0 Å². The standard InChI is InChI=1S/C12H19N5O/c1-10-12(8-16(2)15-10)17-7-11(14-9-17)6-13-4-5-18-3/h7-9,13H,4-6H2,1-3H3. The van der Waals surface area contributed by atoms with E-state index in [0.717, 1.165) is 30.2 Å². The molecular formula is C12H19N5O. The molecule has 98 valence electrons. The van der Waals surface area contributed by atoms with E-state index in [-0.39, 0.29) is 0 Å². The first-order valence-corrected chi connectivity index (χ1v) is 5.94. The summed E-state index contributed by atoms with van der Waals surface area (Å²) in [6, 6.07) is 0. The van der Waals surface area contributed by atoms with Crippen LogP contribution >= 0.6 is 0 Å². The van der Waals surface area contributed by atoms with Crippen LogP contribution in [-0.4, -0.2) is 39.6 Å². The molecule has 0 radical (unpaired) electrons. The molecule has 0 fully saturated rings. The summed E-state index contributed by atoms with van der Waals surface area (Å²) >= 11 is 0. The van der Waals surface area contributed by atoms with Gasteiger partial charge in [-0.05, 0) is 6.92 Å². The van der Waals surface area contributed by atoms with Crippen molar-refractivity contribution >= 4 is 0 Å². The fraction of sp³-hybridized carbons (Fsp3) is 0.500. The number of nitrogens with one attached hydrogen (secondary N) is 1. The van der Waals surface area contributed by atoms with E-state index in [2.05, 4.69) is 15.4 Å². The topological polar surface area (TPSA) is 56.9 Å². The van der Waals surface area contributed by atoms with Crippen molar-refractivity contribution in [2.75, 3.05) is 20.3 Å². The second-order valence-corrected chi connectivity index (χ2v) is 4.22. The third-order valence-electron chi connectivity index (χ3n) is 2.69. The second kappa shape index (κ2) is 5.79. The molecule has 0 saturated heterocycles. The largest absolute Gasteiger partial charge is 0.383 e. The van der Waals surface area contributed by atoms with Crippen LogP contribution in [0.1, 0.15) is 11.4 Å². The Labute approximate surface area is 107 Å². The highest BCUT2D eigenvalue weighted by molar-refractivity contribution is 5.34. The molecule has 0 aliphatic carbocycles. The Bertz CT molecular complexity index is 502. The molecule has 2 heterocycles. The lowest BCUT2D eigenvalue weighted by Crippen LogP contribution is -2.18. The number of aromatic nitrogens is 4. The number of nitrogens with zero attached hydrogens (tertiary/aromatic N) is 4. The van der Waals surface area contributed by atoms with Crippen molar-refractivity contribution in [2.24, 2.45) is 7.05 Å². The maximum Gasteiger partial charge on any atom is 0.0996 e. The highest BCUT2D eigenvalue weighted by Gasteiger charge is 2.06. The van der Waals surface area contributed by atoms with Crippen LogP contribution in [0.2, 0.25) is 0 Å². The van der Waals surface area contributed by atoms with Gasteiger partial charge in [0.05, 0.1) is 30.0 Å². The van der Waals surface area contributed by atoms with Crippen molar-refractivity contribution in [3.8, 4) is 5.69 Å². The predicted molar refractivity (Wildman–Crippen MR) is 68.6 cm³/mol. The molecule has 0 atom stereocenters. The van der Waals surface area contributed by atoms with Gasteiger partial charge in [-0.1, -0.05) is 0 Å². The van der Waals surface area contributed by atoms with E-state index in [1.54, 1.807) is 11.8 Å². The summed E-state index contributed by atoms with van der Waals surface area (Å²) in [4.78, 5) is 4.36. The summed E-state index contributed by atoms with van der Waals surface area (Å²) in [5, 5.41) is 7.58. The van der Waals surface area contributed by atoms with Gasteiger partial charge in [-0.15, -0.1) is 0 Å². The number of methoxy groups -OCH3 is 1. The first-order chi connectivity index (χ1) is 8.70. The molecule has 1 N–H and O–H groups in total. The van der Waals surface area contributed by atoms with Gasteiger partial charge in [-0.2, -0.15) is 5.10 Å². The predicted octanol–water partition coefficient (Wildman–Crippen LogP) is 0.650.